The molecule has 0 bridgehead atoms. The molecule has 3 aromatic rings. The Morgan fingerprint density at radius 3 is 2.77 bits per heavy atom. The molecule has 0 radical (unpaired) electrons. The second-order valence-electron chi connectivity index (χ2n) is 6.21. The number of ether oxygens (including phenoxy) is 3. The van der Waals surface area contributed by atoms with Gasteiger partial charge >= 0.3 is 5.97 Å². The fourth-order valence-electron chi connectivity index (χ4n) is 2.75. The predicted octanol–water partition coefficient (Wildman–Crippen LogP) is 1.97. The number of methoxy groups -OCH3 is 1. The Morgan fingerprint density at radius 1 is 1.17 bits per heavy atom. The van der Waals surface area contributed by atoms with Crippen LogP contribution >= 0.6 is 11.8 Å². The number of aromatic nitrogens is 4. The minimum absolute atomic E-state index is 0.125. The summed E-state index contributed by atoms with van der Waals surface area (Å²) in [5.74, 6) is 0.871. The van der Waals surface area contributed by atoms with E-state index in [1.54, 1.807) is 28.9 Å². The number of hydrogen-bond acceptors (Lipinski definition) is 9. The second kappa shape index (κ2) is 8.82. The molecule has 2 aromatic carbocycles. The van der Waals surface area contributed by atoms with Gasteiger partial charge in [-0.3, -0.25) is 4.79 Å². The molecule has 10 nitrogen and oxygen atoms in total. The van der Waals surface area contributed by atoms with Crippen LogP contribution in [0.1, 0.15) is 15.9 Å². The van der Waals surface area contributed by atoms with Crippen LogP contribution in [0, 0.1) is 0 Å². The fourth-order valence-corrected chi connectivity index (χ4v) is 3.42. The summed E-state index contributed by atoms with van der Waals surface area (Å²) in [7, 11) is 1.31. The molecule has 0 fully saturated rings. The predicted molar refractivity (Wildman–Crippen MR) is 107 cm³/mol. The molecule has 1 N–H and O–H groups in total. The summed E-state index contributed by atoms with van der Waals surface area (Å²) in [6.45, 7) is 0.647. The maximum Gasteiger partial charge on any atom is 0.337 e. The van der Waals surface area contributed by atoms with Crippen LogP contribution in [0.4, 0.5) is 5.69 Å². The fraction of sp³-hybridized carbons (Fsp3) is 0.211. The smallest absolute Gasteiger partial charge is 0.337 e. The number of nitrogens with zero attached hydrogens (tertiary/aromatic N) is 4. The molecular weight excluding hydrogens is 410 g/mol. The van der Waals surface area contributed by atoms with Gasteiger partial charge < -0.3 is 19.5 Å². The van der Waals surface area contributed by atoms with Gasteiger partial charge in [-0.15, -0.1) is 5.10 Å². The summed E-state index contributed by atoms with van der Waals surface area (Å²) in [4.78, 5) is 23.7. The maximum atomic E-state index is 12.2. The third kappa shape index (κ3) is 4.51. The first-order valence-corrected chi connectivity index (χ1v) is 9.86. The molecule has 1 aliphatic heterocycles. The quantitative estimate of drug-likeness (QED) is 0.446. The second-order valence-corrected chi connectivity index (χ2v) is 7.16. The Morgan fingerprint density at radius 2 is 1.97 bits per heavy atom. The Kier molecular flexibility index (Phi) is 5.80. The highest BCUT2D eigenvalue weighted by molar-refractivity contribution is 7.99. The third-order valence-corrected chi connectivity index (χ3v) is 5.15. The number of thioether (sulfide) groups is 1. The molecule has 0 spiro atoms. The molecular formula is C19H17N5O5S. The highest BCUT2D eigenvalue weighted by Crippen LogP contribution is 2.32. The molecule has 30 heavy (non-hydrogen) atoms. The van der Waals surface area contributed by atoms with Gasteiger partial charge in [-0.25, -0.2) is 9.48 Å². The van der Waals surface area contributed by atoms with Gasteiger partial charge in [0, 0.05) is 5.69 Å². The highest BCUT2D eigenvalue weighted by Gasteiger charge is 2.15. The molecule has 0 saturated carbocycles. The largest absolute Gasteiger partial charge is 0.465 e. The Hall–Kier alpha value is -3.60. The lowest BCUT2D eigenvalue weighted by Crippen LogP contribution is -2.15. The molecule has 4 rings (SSSR count). The number of hydrogen-bond donors (Lipinski definition) is 1. The molecule has 0 saturated heterocycles. The van der Waals surface area contributed by atoms with Crippen molar-refractivity contribution in [2.24, 2.45) is 0 Å². The average molecular weight is 427 g/mol. The maximum absolute atomic E-state index is 12.2. The number of esters is 1. The van der Waals surface area contributed by atoms with E-state index in [2.05, 4.69) is 25.6 Å². The van der Waals surface area contributed by atoms with Crippen molar-refractivity contribution in [3.8, 4) is 11.5 Å². The first-order valence-electron chi connectivity index (χ1n) is 8.88. The number of amides is 1. The number of rotatable bonds is 7. The first kappa shape index (κ1) is 19.7. The minimum Gasteiger partial charge on any atom is -0.465 e. The highest BCUT2D eigenvalue weighted by atomic mass is 32.2. The zero-order chi connectivity index (χ0) is 20.9. The van der Waals surface area contributed by atoms with Crippen molar-refractivity contribution in [2.75, 3.05) is 25.0 Å². The van der Waals surface area contributed by atoms with Gasteiger partial charge in [0.15, 0.2) is 11.5 Å². The van der Waals surface area contributed by atoms with E-state index >= 15 is 0 Å². The van der Waals surface area contributed by atoms with Crippen LogP contribution in [-0.4, -0.2) is 51.7 Å². The summed E-state index contributed by atoms with van der Waals surface area (Å²) in [5, 5.41) is 15.0. The molecule has 1 aromatic heterocycles. The lowest BCUT2D eigenvalue weighted by atomic mass is 10.2. The summed E-state index contributed by atoms with van der Waals surface area (Å²) in [5.41, 5.74) is 1.93. The van der Waals surface area contributed by atoms with Crippen LogP contribution in [0.5, 0.6) is 11.5 Å². The summed E-state index contributed by atoms with van der Waals surface area (Å²) in [6, 6.07) is 12.1. The van der Waals surface area contributed by atoms with E-state index in [1.807, 2.05) is 18.2 Å². The molecule has 1 amide bonds. The molecule has 2 heterocycles. The van der Waals surface area contributed by atoms with E-state index in [0.29, 0.717) is 34.5 Å². The topological polar surface area (TPSA) is 117 Å². The van der Waals surface area contributed by atoms with E-state index in [4.69, 9.17) is 9.47 Å². The monoisotopic (exact) mass is 427 g/mol. The van der Waals surface area contributed by atoms with Crippen LogP contribution in [0.2, 0.25) is 0 Å². The Balaban J connectivity index is 1.33. The summed E-state index contributed by atoms with van der Waals surface area (Å²) < 4.78 is 17.0. The number of nitrogens with one attached hydrogen (secondary N) is 1. The normalized spacial score (nSPS) is 11.9. The number of benzene rings is 2. The summed E-state index contributed by atoms with van der Waals surface area (Å²) >= 11 is 1.22. The average Bonchev–Trinajstić information content (AvgIpc) is 3.41. The van der Waals surface area contributed by atoms with Gasteiger partial charge in [0.1, 0.15) is 0 Å². The molecule has 0 atom stereocenters. The van der Waals surface area contributed by atoms with E-state index in [1.165, 1.54) is 18.9 Å². The van der Waals surface area contributed by atoms with Crippen molar-refractivity contribution >= 4 is 29.3 Å². The van der Waals surface area contributed by atoms with Gasteiger partial charge in [0.05, 0.1) is 25.0 Å². The van der Waals surface area contributed by atoms with Crippen molar-refractivity contribution in [1.82, 2.24) is 20.2 Å². The van der Waals surface area contributed by atoms with Gasteiger partial charge in [-0.2, -0.15) is 0 Å². The lowest BCUT2D eigenvalue weighted by molar-refractivity contribution is -0.113. The van der Waals surface area contributed by atoms with Crippen LogP contribution in [0.15, 0.2) is 47.6 Å². The van der Waals surface area contributed by atoms with E-state index in [0.717, 1.165) is 5.56 Å². The van der Waals surface area contributed by atoms with Crippen LogP contribution in [0.3, 0.4) is 0 Å². The zero-order valence-corrected chi connectivity index (χ0v) is 16.7. The Labute approximate surface area is 175 Å². The van der Waals surface area contributed by atoms with Crippen LogP contribution in [-0.2, 0) is 16.1 Å². The molecule has 154 valence electrons. The summed E-state index contributed by atoms with van der Waals surface area (Å²) in [6.07, 6.45) is 0. The third-order valence-electron chi connectivity index (χ3n) is 4.19. The molecule has 0 aliphatic carbocycles. The van der Waals surface area contributed by atoms with Crippen molar-refractivity contribution in [2.45, 2.75) is 11.7 Å². The van der Waals surface area contributed by atoms with Crippen LogP contribution < -0.4 is 14.8 Å². The van der Waals surface area contributed by atoms with E-state index in [-0.39, 0.29) is 18.5 Å². The van der Waals surface area contributed by atoms with Gasteiger partial charge in [-0.1, -0.05) is 17.8 Å². The van der Waals surface area contributed by atoms with Crippen molar-refractivity contribution in [1.29, 1.82) is 0 Å². The zero-order valence-electron chi connectivity index (χ0n) is 15.9. The van der Waals surface area contributed by atoms with E-state index < -0.39 is 5.97 Å². The Bertz CT molecular complexity index is 1070. The van der Waals surface area contributed by atoms with Crippen molar-refractivity contribution in [3.63, 3.8) is 0 Å². The molecule has 1 aliphatic rings. The standard InChI is InChI=1S/C19H17N5O5S/c1-27-18(26)13-3-5-14(6-4-13)20-17(25)10-30-19-21-22-23-24(19)9-12-2-7-15-16(8-12)29-11-28-15/h2-8H,9-11H2,1H3,(H,20,25). The molecule has 0 unspecified atom stereocenters. The van der Waals surface area contributed by atoms with Gasteiger partial charge in [-0.05, 0) is 52.4 Å². The van der Waals surface area contributed by atoms with Crippen molar-refractivity contribution < 1.29 is 23.8 Å². The number of fused-ring (bicyclic) bond motifs is 1. The lowest BCUT2D eigenvalue weighted by Gasteiger charge is -2.07. The van der Waals surface area contributed by atoms with Crippen molar-refractivity contribution in [3.05, 3.63) is 53.6 Å². The molecule has 11 heteroatoms. The number of anilines is 1. The number of carbonyl (C=O) groups is 2. The van der Waals surface area contributed by atoms with Gasteiger partial charge in [0.25, 0.3) is 0 Å². The minimum atomic E-state index is -0.433. The van der Waals surface area contributed by atoms with Crippen LogP contribution in [0.25, 0.3) is 0 Å². The number of tetrazole rings is 1. The number of carbonyl (C=O) groups excluding carboxylic acids is 2. The van der Waals surface area contributed by atoms with Gasteiger partial charge in [0.2, 0.25) is 17.9 Å². The first-order chi connectivity index (χ1) is 14.6. The SMILES string of the molecule is COC(=O)c1ccc(NC(=O)CSc2nnnn2Cc2ccc3c(c2)OCO3)cc1. The van der Waals surface area contributed by atoms with E-state index in [9.17, 15) is 9.59 Å².